The molecular weight excluding hydrogens is 607 g/mol. The van der Waals surface area contributed by atoms with E-state index in [4.69, 9.17) is 23.6 Å². The Hall–Kier alpha value is -0.800. The SMILES string of the molecule is CCCCCCC/C=C\CCCCCCCC(=O)OC(COCCCCCCCCCCCCC)COP(=O)(O)OCC(O)CO. The molecule has 3 unspecified atom stereocenters. The zero-order valence-electron chi connectivity index (χ0n) is 29.6. The first kappa shape index (κ1) is 45.2. The maximum absolute atomic E-state index is 12.5. The van der Waals surface area contributed by atoms with Crippen molar-refractivity contribution in [2.24, 2.45) is 0 Å². The molecule has 0 rings (SSSR count). The summed E-state index contributed by atoms with van der Waals surface area (Å²) in [6.45, 7) is 3.50. The first-order chi connectivity index (χ1) is 22.3. The highest BCUT2D eigenvalue weighted by Crippen LogP contribution is 2.43. The Balaban J connectivity index is 4.24. The molecule has 274 valence electrons. The van der Waals surface area contributed by atoms with Gasteiger partial charge in [-0.25, -0.2) is 4.57 Å². The van der Waals surface area contributed by atoms with Gasteiger partial charge in [-0.3, -0.25) is 13.8 Å². The van der Waals surface area contributed by atoms with Gasteiger partial charge < -0.3 is 24.6 Å². The summed E-state index contributed by atoms with van der Waals surface area (Å²) in [5, 5.41) is 18.3. The van der Waals surface area contributed by atoms with E-state index in [-0.39, 0.29) is 19.6 Å². The van der Waals surface area contributed by atoms with Crippen LogP contribution in [0.15, 0.2) is 12.2 Å². The van der Waals surface area contributed by atoms with E-state index in [0.29, 0.717) is 6.61 Å². The molecule has 0 aliphatic carbocycles. The van der Waals surface area contributed by atoms with Crippen LogP contribution in [0.3, 0.4) is 0 Å². The molecule has 10 heteroatoms. The second kappa shape index (κ2) is 34.1. The number of esters is 1. The molecule has 0 saturated heterocycles. The Morgan fingerprint density at radius 3 is 1.63 bits per heavy atom. The van der Waals surface area contributed by atoms with Crippen molar-refractivity contribution in [3.05, 3.63) is 12.2 Å². The van der Waals surface area contributed by atoms with Crippen molar-refractivity contribution in [1.82, 2.24) is 0 Å². The molecule has 0 aromatic carbocycles. The molecule has 0 bridgehead atoms. The van der Waals surface area contributed by atoms with Crippen LogP contribution in [0.4, 0.5) is 0 Å². The van der Waals surface area contributed by atoms with Gasteiger partial charge >= 0.3 is 13.8 Å². The second-order valence-electron chi connectivity index (χ2n) is 12.6. The number of phosphoric acid groups is 1. The van der Waals surface area contributed by atoms with E-state index < -0.39 is 39.2 Å². The first-order valence-corrected chi connectivity index (χ1v) is 20.2. The van der Waals surface area contributed by atoms with Gasteiger partial charge in [0.15, 0.2) is 0 Å². The minimum atomic E-state index is -4.50. The van der Waals surface area contributed by atoms with Crippen LogP contribution in [-0.2, 0) is 27.9 Å². The largest absolute Gasteiger partial charge is 0.472 e. The van der Waals surface area contributed by atoms with E-state index in [0.717, 1.165) is 51.4 Å². The minimum Gasteiger partial charge on any atom is -0.457 e. The summed E-state index contributed by atoms with van der Waals surface area (Å²) in [5.41, 5.74) is 0. The van der Waals surface area contributed by atoms with Crippen molar-refractivity contribution >= 4 is 13.8 Å². The fourth-order valence-corrected chi connectivity index (χ4v) is 5.84. The lowest BCUT2D eigenvalue weighted by Crippen LogP contribution is -2.29. The normalized spacial score (nSPS) is 14.5. The highest BCUT2D eigenvalue weighted by atomic mass is 31.2. The molecule has 0 aromatic heterocycles. The maximum atomic E-state index is 12.5. The summed E-state index contributed by atoms with van der Waals surface area (Å²) < 4.78 is 33.2. The minimum absolute atomic E-state index is 0.0506. The number of carbonyl (C=O) groups excluding carboxylic acids is 1. The molecule has 0 saturated carbocycles. The Morgan fingerprint density at radius 2 is 1.11 bits per heavy atom. The number of hydrogen-bond donors (Lipinski definition) is 3. The number of aliphatic hydroxyl groups excluding tert-OH is 2. The van der Waals surface area contributed by atoms with Crippen LogP contribution in [0, 0.1) is 0 Å². The number of rotatable bonds is 36. The van der Waals surface area contributed by atoms with Crippen LogP contribution in [-0.4, -0.2) is 66.3 Å². The van der Waals surface area contributed by atoms with E-state index in [9.17, 15) is 19.4 Å². The third-order valence-corrected chi connectivity index (χ3v) is 8.90. The number of carbonyl (C=O) groups is 1. The third-order valence-electron chi connectivity index (χ3n) is 7.95. The highest BCUT2D eigenvalue weighted by molar-refractivity contribution is 7.47. The Kier molecular flexibility index (Phi) is 33.5. The van der Waals surface area contributed by atoms with E-state index in [2.05, 4.69) is 26.0 Å². The van der Waals surface area contributed by atoms with Crippen LogP contribution in [0.5, 0.6) is 0 Å². The fourth-order valence-electron chi connectivity index (χ4n) is 5.05. The summed E-state index contributed by atoms with van der Waals surface area (Å²) in [6, 6.07) is 0. The van der Waals surface area contributed by atoms with Crippen LogP contribution < -0.4 is 0 Å². The number of hydrogen-bond acceptors (Lipinski definition) is 8. The lowest BCUT2D eigenvalue weighted by molar-refractivity contribution is -0.154. The molecular formula is C36H71O9P. The van der Waals surface area contributed by atoms with Crippen molar-refractivity contribution in [3.63, 3.8) is 0 Å². The van der Waals surface area contributed by atoms with Gasteiger partial charge in [-0.05, 0) is 38.5 Å². The van der Waals surface area contributed by atoms with Crippen LogP contribution in [0.1, 0.15) is 168 Å². The summed E-state index contributed by atoms with van der Waals surface area (Å²) in [4.78, 5) is 22.4. The van der Waals surface area contributed by atoms with Crippen LogP contribution in [0.25, 0.3) is 0 Å². The van der Waals surface area contributed by atoms with Gasteiger partial charge in [0.25, 0.3) is 0 Å². The highest BCUT2D eigenvalue weighted by Gasteiger charge is 2.26. The van der Waals surface area contributed by atoms with Gasteiger partial charge in [-0.2, -0.15) is 0 Å². The van der Waals surface area contributed by atoms with Gasteiger partial charge in [0.05, 0.1) is 26.4 Å². The van der Waals surface area contributed by atoms with Crippen LogP contribution in [0.2, 0.25) is 0 Å². The standard InChI is InChI=1S/C36H71O9P/c1-3-5-7-9-11-13-15-16-17-18-20-22-24-26-28-36(39)45-35(33-44-46(40,41)43-31-34(38)30-37)32-42-29-27-25-23-21-19-14-12-10-8-6-4-2/h15-16,34-35,37-38H,3-14,17-33H2,1-2H3,(H,40,41)/b16-15-. The molecule has 9 nitrogen and oxygen atoms in total. The average Bonchev–Trinajstić information content (AvgIpc) is 3.04. The van der Waals surface area contributed by atoms with E-state index in [1.165, 1.54) is 96.3 Å². The van der Waals surface area contributed by atoms with Crippen molar-refractivity contribution in [2.75, 3.05) is 33.0 Å². The number of allylic oxidation sites excluding steroid dienone is 2. The van der Waals surface area contributed by atoms with Crippen molar-refractivity contribution in [2.45, 2.75) is 180 Å². The van der Waals surface area contributed by atoms with Gasteiger partial charge in [0.2, 0.25) is 0 Å². The van der Waals surface area contributed by atoms with Gasteiger partial charge in [0.1, 0.15) is 12.2 Å². The molecule has 0 fully saturated rings. The lowest BCUT2D eigenvalue weighted by Gasteiger charge is -2.20. The van der Waals surface area contributed by atoms with Gasteiger partial charge in [-0.1, -0.05) is 135 Å². The molecule has 3 atom stereocenters. The molecule has 46 heavy (non-hydrogen) atoms. The molecule has 0 heterocycles. The van der Waals surface area contributed by atoms with E-state index in [1.54, 1.807) is 0 Å². The summed E-state index contributed by atoms with van der Waals surface area (Å²) >= 11 is 0. The smallest absolute Gasteiger partial charge is 0.457 e. The molecule has 0 aromatic rings. The Morgan fingerprint density at radius 1 is 0.652 bits per heavy atom. The average molecular weight is 679 g/mol. The van der Waals surface area contributed by atoms with E-state index >= 15 is 0 Å². The zero-order valence-corrected chi connectivity index (χ0v) is 30.4. The third kappa shape index (κ3) is 33.1. The summed E-state index contributed by atoms with van der Waals surface area (Å²) in [5.74, 6) is -0.391. The molecule has 0 aliphatic heterocycles. The molecule has 0 aliphatic rings. The monoisotopic (exact) mass is 678 g/mol. The van der Waals surface area contributed by atoms with Gasteiger partial charge in [-0.15, -0.1) is 0 Å². The number of aliphatic hydroxyl groups is 2. The van der Waals surface area contributed by atoms with E-state index in [1.807, 2.05) is 0 Å². The second-order valence-corrected chi connectivity index (χ2v) is 14.1. The number of ether oxygens (including phenoxy) is 2. The number of unbranched alkanes of at least 4 members (excludes halogenated alkanes) is 20. The summed E-state index contributed by atoms with van der Waals surface area (Å²) in [7, 11) is -4.50. The molecule has 0 spiro atoms. The maximum Gasteiger partial charge on any atom is 0.472 e. The van der Waals surface area contributed by atoms with Crippen molar-refractivity contribution < 1.29 is 43.0 Å². The van der Waals surface area contributed by atoms with Crippen molar-refractivity contribution in [1.29, 1.82) is 0 Å². The predicted molar refractivity (Wildman–Crippen MR) is 187 cm³/mol. The zero-order chi connectivity index (χ0) is 34.0. The van der Waals surface area contributed by atoms with Gasteiger partial charge in [0, 0.05) is 13.0 Å². The van der Waals surface area contributed by atoms with Crippen LogP contribution >= 0.6 is 7.82 Å². The molecule has 0 radical (unpaired) electrons. The topological polar surface area (TPSA) is 132 Å². The Labute approximate surface area is 281 Å². The fraction of sp³-hybridized carbons (Fsp3) is 0.917. The quantitative estimate of drug-likeness (QED) is 0.0257. The summed E-state index contributed by atoms with van der Waals surface area (Å²) in [6.07, 6.45) is 30.2. The molecule has 0 amide bonds. The Bertz CT molecular complexity index is 734. The van der Waals surface area contributed by atoms with Crippen molar-refractivity contribution in [3.8, 4) is 0 Å². The lowest BCUT2D eigenvalue weighted by atomic mass is 10.1. The number of phosphoric ester groups is 1. The predicted octanol–water partition coefficient (Wildman–Crippen LogP) is 9.36. The first-order valence-electron chi connectivity index (χ1n) is 18.7. The molecule has 3 N–H and O–H groups in total.